The molecule has 0 aromatic rings. The minimum Gasteiger partial charge on any atom is -0.390 e. The first-order valence-corrected chi connectivity index (χ1v) is 5.46. The van der Waals surface area contributed by atoms with Crippen LogP contribution in [0.5, 0.6) is 0 Å². The fraction of sp³-hybridized carbons (Fsp3) is 0.900. The summed E-state index contributed by atoms with van der Waals surface area (Å²) in [5.74, 6) is -3.51. The van der Waals surface area contributed by atoms with E-state index < -0.39 is 31.0 Å². The summed E-state index contributed by atoms with van der Waals surface area (Å²) in [6, 6.07) is -0.400. The van der Waals surface area contributed by atoms with Crippen molar-refractivity contribution in [1.82, 2.24) is 10.6 Å². The number of piperidine rings is 1. The number of amides is 1. The van der Waals surface area contributed by atoms with Crippen molar-refractivity contribution in [3.05, 3.63) is 0 Å². The second-order valence-corrected chi connectivity index (χ2v) is 4.28. The van der Waals surface area contributed by atoms with E-state index >= 15 is 0 Å². The molecule has 1 heterocycles. The molecule has 1 saturated heterocycles. The van der Waals surface area contributed by atoms with Crippen LogP contribution in [-0.4, -0.2) is 42.7 Å². The van der Waals surface area contributed by atoms with Crippen molar-refractivity contribution in [2.75, 3.05) is 19.7 Å². The highest BCUT2D eigenvalue weighted by Gasteiger charge is 2.32. The largest absolute Gasteiger partial charge is 0.390 e. The summed E-state index contributed by atoms with van der Waals surface area (Å²) in [6.45, 7) is 0.591. The first kappa shape index (κ1) is 13.3. The Bertz CT molecular complexity index is 249. The Balaban J connectivity index is 2.39. The van der Waals surface area contributed by atoms with Gasteiger partial charge in [-0.15, -0.1) is 0 Å². The van der Waals surface area contributed by atoms with E-state index in [1.165, 1.54) is 0 Å². The van der Waals surface area contributed by atoms with Crippen LogP contribution in [0.25, 0.3) is 0 Å². The van der Waals surface area contributed by atoms with Gasteiger partial charge in [0.25, 0.3) is 5.92 Å². The molecule has 0 aromatic carbocycles. The number of carbonyl (C=O) groups is 1. The topological polar surface area (TPSA) is 61.4 Å². The summed E-state index contributed by atoms with van der Waals surface area (Å²) in [5, 5.41) is 13.5. The quantitative estimate of drug-likeness (QED) is 0.649. The molecule has 2 atom stereocenters. The number of aliphatic hydroxyl groups excluding tert-OH is 1. The van der Waals surface area contributed by atoms with Crippen LogP contribution in [0.3, 0.4) is 0 Å². The third-order valence-electron chi connectivity index (χ3n) is 2.80. The van der Waals surface area contributed by atoms with E-state index in [1.54, 1.807) is 0 Å². The molecule has 0 aliphatic carbocycles. The molecule has 6 heteroatoms. The lowest BCUT2D eigenvalue weighted by molar-refractivity contribution is -0.127. The molecule has 1 aliphatic rings. The number of aliphatic hydroxyl groups is 1. The van der Waals surface area contributed by atoms with Crippen LogP contribution < -0.4 is 10.6 Å². The lowest BCUT2D eigenvalue weighted by Crippen LogP contribution is -2.53. The predicted octanol–water partition coefficient (Wildman–Crippen LogP) is 0.118. The maximum Gasteiger partial charge on any atom is 0.287 e. The molecule has 2 unspecified atom stereocenters. The minimum absolute atomic E-state index is 0.150. The maximum atomic E-state index is 12.7. The molecule has 3 N–H and O–H groups in total. The molecule has 16 heavy (non-hydrogen) atoms. The summed E-state index contributed by atoms with van der Waals surface area (Å²) in [5.41, 5.74) is 0. The van der Waals surface area contributed by atoms with Crippen molar-refractivity contribution in [1.29, 1.82) is 0 Å². The normalized spacial score (nSPS) is 26.5. The molecule has 0 bridgehead atoms. The first-order valence-electron chi connectivity index (χ1n) is 5.46. The zero-order valence-electron chi connectivity index (χ0n) is 9.30. The molecular weight excluding hydrogens is 218 g/mol. The van der Waals surface area contributed by atoms with Crippen molar-refractivity contribution in [2.24, 2.45) is 5.92 Å². The van der Waals surface area contributed by atoms with Crippen LogP contribution in [0.2, 0.25) is 0 Å². The molecule has 94 valence electrons. The standard InChI is InChI=1S/C10H18F2N2O2/c1-7-3-2-4-13-8(7)9(16)14-5-10(11,12)6-15/h7-8,13,15H,2-6H2,1H3,(H,14,16). The molecule has 1 aliphatic heterocycles. The van der Waals surface area contributed by atoms with E-state index in [9.17, 15) is 13.6 Å². The molecule has 0 saturated carbocycles. The molecule has 0 aromatic heterocycles. The Hall–Kier alpha value is -0.750. The predicted molar refractivity (Wildman–Crippen MR) is 55.2 cm³/mol. The fourth-order valence-electron chi connectivity index (χ4n) is 1.78. The van der Waals surface area contributed by atoms with E-state index in [2.05, 4.69) is 10.6 Å². The van der Waals surface area contributed by atoms with Crippen molar-refractivity contribution < 1.29 is 18.7 Å². The number of halogens is 2. The average molecular weight is 236 g/mol. The Morgan fingerprint density at radius 2 is 2.31 bits per heavy atom. The van der Waals surface area contributed by atoms with Gasteiger partial charge in [0, 0.05) is 0 Å². The monoisotopic (exact) mass is 236 g/mol. The lowest BCUT2D eigenvalue weighted by Gasteiger charge is -2.29. The number of rotatable bonds is 4. The van der Waals surface area contributed by atoms with Crippen LogP contribution in [0, 0.1) is 5.92 Å². The highest BCUT2D eigenvalue weighted by atomic mass is 19.3. The van der Waals surface area contributed by atoms with Gasteiger partial charge in [0.05, 0.1) is 12.6 Å². The highest BCUT2D eigenvalue weighted by Crippen LogP contribution is 2.16. The van der Waals surface area contributed by atoms with E-state index in [0.717, 1.165) is 19.4 Å². The third kappa shape index (κ3) is 3.68. The molecule has 1 amide bonds. The molecule has 0 radical (unpaired) electrons. The van der Waals surface area contributed by atoms with Crippen LogP contribution in [-0.2, 0) is 4.79 Å². The van der Waals surface area contributed by atoms with Gasteiger partial charge >= 0.3 is 0 Å². The van der Waals surface area contributed by atoms with Gasteiger partial charge in [-0.05, 0) is 25.3 Å². The number of hydrogen-bond acceptors (Lipinski definition) is 3. The zero-order chi connectivity index (χ0) is 12.2. The van der Waals surface area contributed by atoms with Crippen molar-refractivity contribution in [3.63, 3.8) is 0 Å². The Morgan fingerprint density at radius 3 is 2.88 bits per heavy atom. The van der Waals surface area contributed by atoms with Gasteiger partial charge in [-0.1, -0.05) is 6.92 Å². The minimum atomic E-state index is -3.24. The van der Waals surface area contributed by atoms with Crippen molar-refractivity contribution >= 4 is 5.91 Å². The molecule has 1 fully saturated rings. The average Bonchev–Trinajstić information content (AvgIpc) is 2.27. The molecule has 1 rings (SSSR count). The number of carbonyl (C=O) groups excluding carboxylic acids is 1. The Kier molecular flexibility index (Phi) is 4.61. The highest BCUT2D eigenvalue weighted by molar-refractivity contribution is 5.82. The second kappa shape index (κ2) is 5.54. The van der Waals surface area contributed by atoms with Gasteiger partial charge in [0.2, 0.25) is 5.91 Å². The second-order valence-electron chi connectivity index (χ2n) is 4.28. The number of nitrogens with one attached hydrogen (secondary N) is 2. The molecular formula is C10H18F2N2O2. The van der Waals surface area contributed by atoms with Crippen molar-refractivity contribution in [2.45, 2.75) is 31.7 Å². The van der Waals surface area contributed by atoms with E-state index in [-0.39, 0.29) is 5.92 Å². The van der Waals surface area contributed by atoms with Gasteiger partial charge in [0.1, 0.15) is 6.61 Å². The van der Waals surface area contributed by atoms with E-state index in [1.807, 2.05) is 6.92 Å². The third-order valence-corrected chi connectivity index (χ3v) is 2.80. The van der Waals surface area contributed by atoms with Gasteiger partial charge in [-0.25, -0.2) is 8.78 Å². The lowest BCUT2D eigenvalue weighted by atomic mass is 9.92. The number of hydrogen-bond donors (Lipinski definition) is 3. The summed E-state index contributed by atoms with van der Waals surface area (Å²) < 4.78 is 25.4. The van der Waals surface area contributed by atoms with Crippen LogP contribution in [0.1, 0.15) is 19.8 Å². The summed E-state index contributed by atoms with van der Waals surface area (Å²) in [6.07, 6.45) is 1.92. The molecule has 0 spiro atoms. The van der Waals surface area contributed by atoms with Crippen LogP contribution >= 0.6 is 0 Å². The SMILES string of the molecule is CC1CCCNC1C(=O)NCC(F)(F)CO. The Morgan fingerprint density at radius 1 is 1.62 bits per heavy atom. The van der Waals surface area contributed by atoms with E-state index in [4.69, 9.17) is 5.11 Å². The van der Waals surface area contributed by atoms with E-state index in [0.29, 0.717) is 0 Å². The first-order chi connectivity index (χ1) is 7.46. The van der Waals surface area contributed by atoms with Crippen LogP contribution in [0.15, 0.2) is 0 Å². The van der Waals surface area contributed by atoms with Crippen LogP contribution in [0.4, 0.5) is 8.78 Å². The number of alkyl halides is 2. The summed E-state index contributed by atoms with van der Waals surface area (Å²) in [7, 11) is 0. The Labute approximate surface area is 93.4 Å². The van der Waals surface area contributed by atoms with Gasteiger partial charge in [0.15, 0.2) is 0 Å². The van der Waals surface area contributed by atoms with Gasteiger partial charge in [-0.2, -0.15) is 0 Å². The molecule has 4 nitrogen and oxygen atoms in total. The zero-order valence-corrected chi connectivity index (χ0v) is 9.30. The maximum absolute atomic E-state index is 12.7. The van der Waals surface area contributed by atoms with Gasteiger partial charge in [-0.3, -0.25) is 4.79 Å². The smallest absolute Gasteiger partial charge is 0.287 e. The van der Waals surface area contributed by atoms with Crippen molar-refractivity contribution in [3.8, 4) is 0 Å². The fourth-order valence-corrected chi connectivity index (χ4v) is 1.78. The van der Waals surface area contributed by atoms with Gasteiger partial charge < -0.3 is 15.7 Å². The summed E-state index contributed by atoms with van der Waals surface area (Å²) >= 11 is 0. The summed E-state index contributed by atoms with van der Waals surface area (Å²) in [4.78, 5) is 11.6.